The fourth-order valence-electron chi connectivity index (χ4n) is 3.17. The molecule has 2 nitrogen and oxygen atoms in total. The maximum absolute atomic E-state index is 6.13. The largest absolute Gasteiger partial charge is 0.329 e. The number of nitrogens with two attached hydrogens (primary N) is 1. The van der Waals surface area contributed by atoms with Crippen molar-refractivity contribution in [3.8, 4) is 0 Å². The smallest absolute Gasteiger partial charge is 0.0470 e. The molecule has 1 unspecified atom stereocenters. The molecule has 0 aliphatic heterocycles. The van der Waals surface area contributed by atoms with E-state index in [0.717, 1.165) is 19.0 Å². The van der Waals surface area contributed by atoms with Gasteiger partial charge in [0.1, 0.15) is 0 Å². The molecule has 2 N–H and O–H groups in total. The minimum Gasteiger partial charge on any atom is -0.329 e. The normalized spacial score (nSPS) is 17.0. The van der Waals surface area contributed by atoms with E-state index in [2.05, 4.69) is 56.9 Å². The molecular weight excluding hydrogens is 256 g/mol. The Bertz CT molecular complexity index is 408. The predicted molar refractivity (Wildman–Crippen MR) is 91.5 cm³/mol. The van der Waals surface area contributed by atoms with Crippen LogP contribution in [0.5, 0.6) is 0 Å². The zero-order valence-corrected chi connectivity index (χ0v) is 14.2. The van der Waals surface area contributed by atoms with Gasteiger partial charge in [0.15, 0.2) is 0 Å². The molecule has 0 radical (unpaired) electrons. The average Bonchev–Trinajstić information content (AvgIpc) is 3.23. The van der Waals surface area contributed by atoms with Crippen molar-refractivity contribution in [2.24, 2.45) is 17.6 Å². The van der Waals surface area contributed by atoms with Gasteiger partial charge in [-0.3, -0.25) is 4.90 Å². The third-order valence-electron chi connectivity index (χ3n) is 4.23. The first-order valence-electron chi connectivity index (χ1n) is 8.55. The molecule has 2 rings (SSSR count). The van der Waals surface area contributed by atoms with Gasteiger partial charge in [-0.2, -0.15) is 0 Å². The molecule has 0 saturated heterocycles. The summed E-state index contributed by atoms with van der Waals surface area (Å²) < 4.78 is 0. The minimum absolute atomic E-state index is 0.350. The third-order valence-corrected chi connectivity index (χ3v) is 4.23. The lowest BCUT2D eigenvalue weighted by atomic mass is 9.99. The van der Waals surface area contributed by atoms with E-state index in [1.165, 1.54) is 24.0 Å². The van der Waals surface area contributed by atoms with Crippen LogP contribution in [0.4, 0.5) is 0 Å². The molecule has 21 heavy (non-hydrogen) atoms. The predicted octanol–water partition coefficient (Wildman–Crippen LogP) is 4.18. The van der Waals surface area contributed by atoms with Crippen LogP contribution in [0, 0.1) is 11.8 Å². The highest BCUT2D eigenvalue weighted by Gasteiger charge is 2.24. The van der Waals surface area contributed by atoms with Crippen LogP contribution in [0.25, 0.3) is 0 Å². The van der Waals surface area contributed by atoms with Crippen LogP contribution in [-0.2, 0) is 0 Å². The first-order valence-corrected chi connectivity index (χ1v) is 8.55. The van der Waals surface area contributed by atoms with Crippen molar-refractivity contribution in [3.63, 3.8) is 0 Å². The highest BCUT2D eigenvalue weighted by Crippen LogP contribution is 2.40. The summed E-state index contributed by atoms with van der Waals surface area (Å²) in [6, 6.07) is 9.59. The number of nitrogens with zero attached hydrogens (tertiary/aromatic N) is 1. The van der Waals surface area contributed by atoms with E-state index in [9.17, 15) is 0 Å². The first-order chi connectivity index (χ1) is 10.0. The number of rotatable bonds is 8. The summed E-state index contributed by atoms with van der Waals surface area (Å²) >= 11 is 0. The molecule has 0 amide bonds. The Morgan fingerprint density at radius 3 is 1.90 bits per heavy atom. The Labute approximate surface area is 130 Å². The fraction of sp³-hybridized carbons (Fsp3) is 0.684. The molecule has 1 aromatic carbocycles. The zero-order chi connectivity index (χ0) is 15.4. The number of hydrogen-bond acceptors (Lipinski definition) is 2. The molecule has 0 spiro atoms. The van der Waals surface area contributed by atoms with Crippen molar-refractivity contribution in [3.05, 3.63) is 35.4 Å². The molecule has 1 fully saturated rings. The Hall–Kier alpha value is -0.860. The molecular formula is C19H32N2. The van der Waals surface area contributed by atoms with Gasteiger partial charge in [0.05, 0.1) is 0 Å². The van der Waals surface area contributed by atoms with Gasteiger partial charge >= 0.3 is 0 Å². The van der Waals surface area contributed by atoms with Crippen molar-refractivity contribution >= 4 is 0 Å². The highest BCUT2D eigenvalue weighted by atomic mass is 15.2. The lowest BCUT2D eigenvalue weighted by molar-refractivity contribution is 0.160. The van der Waals surface area contributed by atoms with Gasteiger partial charge in [-0.05, 0) is 41.7 Å². The molecule has 0 bridgehead atoms. The second-order valence-electron chi connectivity index (χ2n) is 7.43. The molecule has 1 atom stereocenters. The van der Waals surface area contributed by atoms with Gasteiger partial charge in [0, 0.05) is 25.7 Å². The monoisotopic (exact) mass is 288 g/mol. The Morgan fingerprint density at radius 1 is 1.00 bits per heavy atom. The summed E-state index contributed by atoms with van der Waals surface area (Å²) in [7, 11) is 0. The summed E-state index contributed by atoms with van der Waals surface area (Å²) in [5, 5.41) is 0. The van der Waals surface area contributed by atoms with E-state index in [4.69, 9.17) is 5.73 Å². The van der Waals surface area contributed by atoms with E-state index < -0.39 is 0 Å². The van der Waals surface area contributed by atoms with E-state index >= 15 is 0 Å². The molecule has 118 valence electrons. The first kappa shape index (κ1) is 16.5. The average molecular weight is 288 g/mol. The second-order valence-corrected chi connectivity index (χ2v) is 7.43. The van der Waals surface area contributed by atoms with Gasteiger partial charge in [-0.25, -0.2) is 0 Å². The summed E-state index contributed by atoms with van der Waals surface area (Å²) in [6.07, 6.45) is 2.74. The van der Waals surface area contributed by atoms with Crippen LogP contribution in [0.3, 0.4) is 0 Å². The van der Waals surface area contributed by atoms with Crippen LogP contribution in [0.15, 0.2) is 24.3 Å². The van der Waals surface area contributed by atoms with Gasteiger partial charge in [0.25, 0.3) is 0 Å². The van der Waals surface area contributed by atoms with Crippen molar-refractivity contribution in [1.29, 1.82) is 0 Å². The van der Waals surface area contributed by atoms with Crippen LogP contribution < -0.4 is 5.73 Å². The SMILES string of the molecule is CC(C)CN(CC(C)C)C(CN)c1ccc(C2CC2)cc1. The summed E-state index contributed by atoms with van der Waals surface area (Å²) in [5.74, 6) is 2.17. The Morgan fingerprint density at radius 2 is 1.52 bits per heavy atom. The maximum atomic E-state index is 6.13. The van der Waals surface area contributed by atoms with E-state index in [1.807, 2.05) is 0 Å². The van der Waals surface area contributed by atoms with Gasteiger partial charge < -0.3 is 5.73 Å². The molecule has 1 aliphatic rings. The molecule has 1 aliphatic carbocycles. The van der Waals surface area contributed by atoms with Gasteiger partial charge in [-0.1, -0.05) is 52.0 Å². The quantitative estimate of drug-likeness (QED) is 0.777. The summed E-state index contributed by atoms with van der Waals surface area (Å²) in [4.78, 5) is 2.57. The van der Waals surface area contributed by atoms with E-state index in [1.54, 1.807) is 0 Å². The summed E-state index contributed by atoms with van der Waals surface area (Å²) in [5.41, 5.74) is 9.01. The highest BCUT2D eigenvalue weighted by molar-refractivity contribution is 5.30. The zero-order valence-electron chi connectivity index (χ0n) is 14.2. The topological polar surface area (TPSA) is 29.3 Å². The minimum atomic E-state index is 0.350. The van der Waals surface area contributed by atoms with Gasteiger partial charge in [-0.15, -0.1) is 0 Å². The number of hydrogen-bond donors (Lipinski definition) is 1. The third kappa shape index (κ3) is 4.82. The van der Waals surface area contributed by atoms with Crippen molar-refractivity contribution in [2.75, 3.05) is 19.6 Å². The maximum Gasteiger partial charge on any atom is 0.0470 e. The van der Waals surface area contributed by atoms with Crippen molar-refractivity contribution < 1.29 is 0 Å². The Balaban J connectivity index is 2.13. The molecule has 0 heterocycles. The lowest BCUT2D eigenvalue weighted by Gasteiger charge is -2.34. The van der Waals surface area contributed by atoms with E-state index in [0.29, 0.717) is 24.4 Å². The fourth-order valence-corrected chi connectivity index (χ4v) is 3.17. The van der Waals surface area contributed by atoms with Crippen LogP contribution in [-0.4, -0.2) is 24.5 Å². The molecule has 1 aromatic rings. The molecule has 0 aromatic heterocycles. The van der Waals surface area contributed by atoms with Crippen LogP contribution >= 0.6 is 0 Å². The van der Waals surface area contributed by atoms with Gasteiger partial charge in [0.2, 0.25) is 0 Å². The summed E-state index contributed by atoms with van der Waals surface area (Å²) in [6.45, 7) is 12.1. The second kappa shape index (κ2) is 7.42. The molecule has 1 saturated carbocycles. The van der Waals surface area contributed by atoms with Crippen molar-refractivity contribution in [1.82, 2.24) is 4.90 Å². The van der Waals surface area contributed by atoms with Crippen LogP contribution in [0.1, 0.15) is 63.6 Å². The number of benzene rings is 1. The van der Waals surface area contributed by atoms with Crippen molar-refractivity contribution in [2.45, 2.75) is 52.5 Å². The molecule has 2 heteroatoms. The van der Waals surface area contributed by atoms with E-state index in [-0.39, 0.29) is 0 Å². The van der Waals surface area contributed by atoms with Crippen LogP contribution in [0.2, 0.25) is 0 Å². The Kier molecular flexibility index (Phi) is 5.83. The lowest BCUT2D eigenvalue weighted by Crippen LogP contribution is -2.38. The standard InChI is InChI=1S/C19H32N2/c1-14(2)12-21(13-15(3)4)19(11-20)18-9-7-17(8-10-18)16-5-6-16/h7-10,14-16,19H,5-6,11-13,20H2,1-4H3.